The summed E-state index contributed by atoms with van der Waals surface area (Å²) >= 11 is 6.61. The summed E-state index contributed by atoms with van der Waals surface area (Å²) in [5, 5.41) is 2.48. The SMILES string of the molecule is O=C(NC(Cc1cc(F)cc(F)c1)c1ncccc1Br)NS(=O)(=O)N[C@@H](Cc1cc(F)cc(F)c1)c1ncccc1Br. The molecule has 1 unspecified atom stereocenters. The number of urea groups is 1. The van der Waals surface area contributed by atoms with Gasteiger partial charge in [0.25, 0.3) is 0 Å². The van der Waals surface area contributed by atoms with Crippen molar-refractivity contribution in [3.05, 3.63) is 128 Å². The van der Waals surface area contributed by atoms with E-state index < -0.39 is 51.6 Å². The summed E-state index contributed by atoms with van der Waals surface area (Å²) in [6, 6.07) is 8.69. The van der Waals surface area contributed by atoms with Crippen LogP contribution in [0.2, 0.25) is 0 Å². The number of hydrogen-bond donors (Lipinski definition) is 3. The third-order valence-electron chi connectivity index (χ3n) is 5.79. The van der Waals surface area contributed by atoms with E-state index in [-0.39, 0.29) is 35.4 Å². The Balaban J connectivity index is 1.57. The van der Waals surface area contributed by atoms with E-state index in [1.54, 1.807) is 24.3 Å². The van der Waals surface area contributed by atoms with E-state index in [0.29, 0.717) is 21.1 Å². The molecule has 3 N–H and O–H groups in total. The third-order valence-corrected chi connectivity index (χ3v) is 8.18. The van der Waals surface area contributed by atoms with Crippen LogP contribution in [0.5, 0.6) is 0 Å². The van der Waals surface area contributed by atoms with Gasteiger partial charge in [0.1, 0.15) is 23.3 Å². The van der Waals surface area contributed by atoms with Gasteiger partial charge in [-0.1, -0.05) is 0 Å². The summed E-state index contributed by atoms with van der Waals surface area (Å²) in [4.78, 5) is 21.3. The van der Waals surface area contributed by atoms with Gasteiger partial charge >= 0.3 is 16.2 Å². The first-order valence-corrected chi connectivity index (χ1v) is 15.2. The van der Waals surface area contributed by atoms with Gasteiger partial charge in [0, 0.05) is 33.5 Å². The van der Waals surface area contributed by atoms with Gasteiger partial charge in [-0.15, -0.1) is 0 Å². The zero-order chi connectivity index (χ0) is 30.4. The fourth-order valence-corrected chi connectivity index (χ4v) is 6.17. The largest absolute Gasteiger partial charge is 0.329 e. The molecule has 0 aliphatic carbocycles. The number of halogens is 6. The van der Waals surface area contributed by atoms with E-state index in [0.717, 1.165) is 24.3 Å². The van der Waals surface area contributed by atoms with Crippen LogP contribution >= 0.6 is 31.9 Å². The Bertz CT molecular complexity index is 1670. The second-order valence-corrected chi connectivity index (χ2v) is 12.2. The maximum absolute atomic E-state index is 13.8. The van der Waals surface area contributed by atoms with Crippen LogP contribution in [-0.2, 0) is 23.1 Å². The molecule has 0 saturated carbocycles. The van der Waals surface area contributed by atoms with Crippen LogP contribution < -0.4 is 14.8 Å². The van der Waals surface area contributed by atoms with Crippen molar-refractivity contribution in [2.75, 3.05) is 0 Å². The fourth-order valence-electron chi connectivity index (χ4n) is 4.17. The number of carbonyl (C=O) groups is 1. The molecule has 0 bridgehead atoms. The molecule has 0 saturated heterocycles. The highest BCUT2D eigenvalue weighted by atomic mass is 79.9. The first-order valence-electron chi connectivity index (χ1n) is 12.1. The standard InChI is InChI=1S/C27H21Br2F4N5O3S/c28-21-3-1-5-34-25(21)23(11-15-7-17(30)13-18(31)8-15)36-27(39)38-42(40,41)37-24(26-22(29)4-2-6-35-26)12-16-9-19(32)14-20(33)10-16/h1-10,13-14,23-24,37H,11-12H2,(H2,36,38,39)/t23?,24-/m0/s1. The molecule has 42 heavy (non-hydrogen) atoms. The summed E-state index contributed by atoms with van der Waals surface area (Å²) in [7, 11) is -4.62. The number of nitrogens with zero attached hydrogens (tertiary/aromatic N) is 2. The molecule has 4 rings (SSSR count). The molecule has 0 spiro atoms. The van der Waals surface area contributed by atoms with Crippen LogP contribution in [0.4, 0.5) is 22.4 Å². The van der Waals surface area contributed by atoms with Crippen molar-refractivity contribution < 1.29 is 30.8 Å². The molecule has 15 heteroatoms. The Morgan fingerprint density at radius 2 is 1.17 bits per heavy atom. The van der Waals surface area contributed by atoms with E-state index >= 15 is 0 Å². The average molecular weight is 731 g/mol. The van der Waals surface area contributed by atoms with Crippen molar-refractivity contribution in [3.8, 4) is 0 Å². The number of benzene rings is 2. The predicted molar refractivity (Wildman–Crippen MR) is 153 cm³/mol. The highest BCUT2D eigenvalue weighted by Crippen LogP contribution is 2.27. The summed E-state index contributed by atoms with van der Waals surface area (Å²) in [5.74, 6) is -3.36. The lowest BCUT2D eigenvalue weighted by atomic mass is 10.0. The zero-order valence-corrected chi connectivity index (χ0v) is 25.3. The lowest BCUT2D eigenvalue weighted by molar-refractivity contribution is 0.241. The van der Waals surface area contributed by atoms with Gasteiger partial charge < -0.3 is 5.32 Å². The lowest BCUT2D eigenvalue weighted by Crippen LogP contribution is -2.48. The highest BCUT2D eigenvalue weighted by Gasteiger charge is 2.27. The third kappa shape index (κ3) is 8.80. The van der Waals surface area contributed by atoms with Gasteiger partial charge in [0.2, 0.25) is 0 Å². The molecule has 0 fully saturated rings. The van der Waals surface area contributed by atoms with E-state index in [1.165, 1.54) is 12.4 Å². The number of hydrogen-bond acceptors (Lipinski definition) is 5. The molecule has 220 valence electrons. The molecule has 4 aromatic rings. The van der Waals surface area contributed by atoms with Crippen LogP contribution in [-0.4, -0.2) is 24.4 Å². The Morgan fingerprint density at radius 1 is 0.738 bits per heavy atom. The molecular weight excluding hydrogens is 710 g/mol. The van der Waals surface area contributed by atoms with Crippen LogP contribution in [0.15, 0.2) is 82.0 Å². The number of aromatic nitrogens is 2. The van der Waals surface area contributed by atoms with E-state index in [2.05, 4.69) is 51.9 Å². The van der Waals surface area contributed by atoms with Gasteiger partial charge in [-0.05, 0) is 104 Å². The van der Waals surface area contributed by atoms with Gasteiger partial charge in [-0.25, -0.2) is 27.1 Å². The van der Waals surface area contributed by atoms with Gasteiger partial charge in [0.15, 0.2) is 0 Å². The Morgan fingerprint density at radius 3 is 1.62 bits per heavy atom. The second-order valence-electron chi connectivity index (χ2n) is 9.01. The Labute approximate surface area is 255 Å². The zero-order valence-electron chi connectivity index (χ0n) is 21.3. The highest BCUT2D eigenvalue weighted by molar-refractivity contribution is 9.10. The minimum atomic E-state index is -4.62. The maximum atomic E-state index is 13.8. The number of amides is 2. The molecule has 0 radical (unpaired) electrons. The average Bonchev–Trinajstić information content (AvgIpc) is 2.87. The normalized spacial score (nSPS) is 12.9. The van der Waals surface area contributed by atoms with Gasteiger partial charge in [-0.3, -0.25) is 9.97 Å². The van der Waals surface area contributed by atoms with Crippen LogP contribution in [0.1, 0.15) is 34.6 Å². The quantitative estimate of drug-likeness (QED) is 0.175. The Hall–Kier alpha value is -3.40. The lowest BCUT2D eigenvalue weighted by Gasteiger charge is -2.22. The molecule has 2 amide bonds. The fraction of sp³-hybridized carbons (Fsp3) is 0.148. The van der Waals surface area contributed by atoms with Crippen LogP contribution in [0, 0.1) is 23.3 Å². The number of rotatable bonds is 10. The van der Waals surface area contributed by atoms with Crippen molar-refractivity contribution in [2.45, 2.75) is 24.9 Å². The number of carbonyl (C=O) groups excluding carboxylic acids is 1. The second kappa shape index (κ2) is 13.7. The predicted octanol–water partition coefficient (Wildman–Crippen LogP) is 5.96. The van der Waals surface area contributed by atoms with E-state index in [1.807, 2.05) is 4.72 Å². The molecule has 2 aromatic carbocycles. The first-order chi connectivity index (χ1) is 19.9. The molecule has 2 atom stereocenters. The summed E-state index contributed by atoms with van der Waals surface area (Å²) < 4.78 is 86.5. The molecule has 0 aliphatic heterocycles. The maximum Gasteiger partial charge on any atom is 0.329 e. The van der Waals surface area contributed by atoms with Crippen molar-refractivity contribution >= 4 is 48.1 Å². The van der Waals surface area contributed by atoms with Crippen molar-refractivity contribution in [3.63, 3.8) is 0 Å². The van der Waals surface area contributed by atoms with Crippen molar-refractivity contribution in [1.82, 2.24) is 24.7 Å². The monoisotopic (exact) mass is 729 g/mol. The molecule has 2 heterocycles. The molecule has 8 nitrogen and oxygen atoms in total. The van der Waals surface area contributed by atoms with Crippen LogP contribution in [0.25, 0.3) is 0 Å². The van der Waals surface area contributed by atoms with Gasteiger partial charge in [0.05, 0.1) is 23.5 Å². The van der Waals surface area contributed by atoms with Crippen molar-refractivity contribution in [1.29, 1.82) is 0 Å². The smallest absolute Gasteiger partial charge is 0.329 e. The molecule has 0 aliphatic rings. The Kier molecular flexibility index (Phi) is 10.3. The summed E-state index contributed by atoms with van der Waals surface area (Å²) in [6.07, 6.45) is 2.47. The number of pyridine rings is 2. The minimum Gasteiger partial charge on any atom is -0.329 e. The number of nitrogens with one attached hydrogen (secondary N) is 3. The van der Waals surface area contributed by atoms with Crippen LogP contribution in [0.3, 0.4) is 0 Å². The minimum absolute atomic E-state index is 0.129. The van der Waals surface area contributed by atoms with E-state index in [9.17, 15) is 30.8 Å². The van der Waals surface area contributed by atoms with Crippen molar-refractivity contribution in [2.24, 2.45) is 0 Å². The first kappa shape index (κ1) is 31.5. The molecular formula is C27H21Br2F4N5O3S. The topological polar surface area (TPSA) is 113 Å². The summed E-state index contributed by atoms with van der Waals surface area (Å²) in [5.41, 5.74) is 0.769. The summed E-state index contributed by atoms with van der Waals surface area (Å²) in [6.45, 7) is 0. The molecule has 2 aromatic heterocycles. The van der Waals surface area contributed by atoms with E-state index in [4.69, 9.17) is 0 Å². The van der Waals surface area contributed by atoms with Gasteiger partial charge in [-0.2, -0.15) is 13.1 Å².